The SMILES string of the molecule is Nc1ccc(-c2ccn[nH]2)cc1.O=[N+]([O-])c1ccc(-c2ccn[nH]2)cc1. The molecule has 0 aliphatic rings. The predicted octanol–water partition coefficient (Wildman–Crippen LogP) is 3.64. The fraction of sp³-hybridized carbons (Fsp3) is 0. The van der Waals surface area contributed by atoms with Gasteiger partial charge in [0, 0.05) is 35.8 Å². The summed E-state index contributed by atoms with van der Waals surface area (Å²) in [4.78, 5) is 9.96. The molecule has 0 aliphatic heterocycles. The van der Waals surface area contributed by atoms with Crippen molar-refractivity contribution in [3.05, 3.63) is 83.2 Å². The highest BCUT2D eigenvalue weighted by Crippen LogP contribution is 2.19. The Morgan fingerprint density at radius 1 is 0.769 bits per heavy atom. The van der Waals surface area contributed by atoms with Crippen LogP contribution in [0.5, 0.6) is 0 Å². The summed E-state index contributed by atoms with van der Waals surface area (Å²) in [5, 5.41) is 23.7. The molecular formula is C18H16N6O2. The number of anilines is 1. The van der Waals surface area contributed by atoms with E-state index in [4.69, 9.17) is 5.73 Å². The minimum atomic E-state index is -0.420. The molecule has 8 nitrogen and oxygen atoms in total. The molecule has 2 aromatic heterocycles. The molecule has 2 heterocycles. The van der Waals surface area contributed by atoms with Crippen molar-refractivity contribution in [1.29, 1.82) is 0 Å². The molecule has 0 radical (unpaired) electrons. The topological polar surface area (TPSA) is 127 Å². The molecule has 2 aromatic carbocycles. The molecule has 130 valence electrons. The third-order valence-corrected chi connectivity index (χ3v) is 3.61. The van der Waals surface area contributed by atoms with Crippen molar-refractivity contribution >= 4 is 11.4 Å². The first-order chi connectivity index (χ1) is 12.6. The van der Waals surface area contributed by atoms with Gasteiger partial charge in [0.15, 0.2) is 0 Å². The summed E-state index contributed by atoms with van der Waals surface area (Å²) >= 11 is 0. The van der Waals surface area contributed by atoms with Crippen LogP contribution in [0.25, 0.3) is 22.5 Å². The van der Waals surface area contributed by atoms with Crippen molar-refractivity contribution in [3.8, 4) is 22.5 Å². The van der Waals surface area contributed by atoms with Crippen LogP contribution in [0.3, 0.4) is 0 Å². The summed E-state index contributed by atoms with van der Waals surface area (Å²) < 4.78 is 0. The van der Waals surface area contributed by atoms with Crippen LogP contribution in [0.4, 0.5) is 11.4 Å². The summed E-state index contributed by atoms with van der Waals surface area (Å²) in [6.07, 6.45) is 3.36. The normalized spacial score (nSPS) is 10.0. The Hall–Kier alpha value is -3.94. The monoisotopic (exact) mass is 348 g/mol. The molecule has 0 saturated carbocycles. The van der Waals surface area contributed by atoms with Crippen LogP contribution in [0.2, 0.25) is 0 Å². The maximum Gasteiger partial charge on any atom is 0.269 e. The summed E-state index contributed by atoms with van der Waals surface area (Å²) in [5.74, 6) is 0. The van der Waals surface area contributed by atoms with Gasteiger partial charge in [-0.05, 0) is 42.0 Å². The number of nitrogens with one attached hydrogen (secondary N) is 2. The second-order valence-corrected chi connectivity index (χ2v) is 5.37. The van der Waals surface area contributed by atoms with E-state index >= 15 is 0 Å². The number of aromatic amines is 2. The van der Waals surface area contributed by atoms with Crippen LogP contribution < -0.4 is 5.73 Å². The Kier molecular flexibility index (Phi) is 5.04. The van der Waals surface area contributed by atoms with Crippen LogP contribution in [0, 0.1) is 10.1 Å². The first-order valence-electron chi connectivity index (χ1n) is 7.73. The van der Waals surface area contributed by atoms with Crippen molar-refractivity contribution < 1.29 is 4.92 Å². The number of non-ortho nitro benzene ring substituents is 1. The number of hydrogen-bond donors (Lipinski definition) is 3. The number of nitrogens with zero attached hydrogens (tertiary/aromatic N) is 3. The number of nitro groups is 1. The molecule has 0 fully saturated rings. The molecule has 26 heavy (non-hydrogen) atoms. The fourth-order valence-corrected chi connectivity index (χ4v) is 2.26. The largest absolute Gasteiger partial charge is 0.399 e. The summed E-state index contributed by atoms with van der Waals surface area (Å²) in [5.41, 5.74) is 10.3. The van der Waals surface area contributed by atoms with Gasteiger partial charge in [-0.1, -0.05) is 12.1 Å². The number of nitrogens with two attached hydrogens (primary N) is 1. The number of nitro benzene ring substituents is 1. The average molecular weight is 348 g/mol. The van der Waals surface area contributed by atoms with Gasteiger partial charge in [0.1, 0.15) is 0 Å². The van der Waals surface area contributed by atoms with Crippen molar-refractivity contribution in [3.63, 3.8) is 0 Å². The highest BCUT2D eigenvalue weighted by Gasteiger charge is 2.05. The van der Waals surface area contributed by atoms with Gasteiger partial charge in [0.05, 0.1) is 16.3 Å². The van der Waals surface area contributed by atoms with Gasteiger partial charge >= 0.3 is 0 Å². The van der Waals surface area contributed by atoms with Crippen molar-refractivity contribution in [2.45, 2.75) is 0 Å². The fourth-order valence-electron chi connectivity index (χ4n) is 2.26. The molecular weight excluding hydrogens is 332 g/mol. The third-order valence-electron chi connectivity index (χ3n) is 3.61. The first kappa shape index (κ1) is 16.9. The molecule has 0 atom stereocenters. The van der Waals surface area contributed by atoms with Crippen LogP contribution in [0.15, 0.2) is 73.1 Å². The van der Waals surface area contributed by atoms with Crippen LogP contribution >= 0.6 is 0 Å². The second-order valence-electron chi connectivity index (χ2n) is 5.37. The molecule has 0 bridgehead atoms. The van der Waals surface area contributed by atoms with E-state index in [1.807, 2.05) is 30.3 Å². The lowest BCUT2D eigenvalue weighted by Crippen LogP contribution is -1.87. The van der Waals surface area contributed by atoms with Gasteiger partial charge in [0.2, 0.25) is 0 Å². The molecule has 0 amide bonds. The van der Waals surface area contributed by atoms with Gasteiger partial charge in [0.25, 0.3) is 5.69 Å². The van der Waals surface area contributed by atoms with Crippen LogP contribution in [-0.4, -0.2) is 25.3 Å². The van der Waals surface area contributed by atoms with Crippen molar-refractivity contribution in [1.82, 2.24) is 20.4 Å². The molecule has 0 spiro atoms. The molecule has 8 heteroatoms. The predicted molar refractivity (Wildman–Crippen MR) is 99.1 cm³/mol. The smallest absolute Gasteiger partial charge is 0.269 e. The molecule has 0 aliphatic carbocycles. The average Bonchev–Trinajstić information content (AvgIpc) is 3.37. The van der Waals surface area contributed by atoms with E-state index in [-0.39, 0.29) is 5.69 Å². The van der Waals surface area contributed by atoms with Crippen LogP contribution in [-0.2, 0) is 0 Å². The summed E-state index contributed by atoms with van der Waals surface area (Å²) in [7, 11) is 0. The number of benzene rings is 2. The molecule has 4 rings (SSSR count). The van der Waals surface area contributed by atoms with E-state index in [1.54, 1.807) is 30.6 Å². The van der Waals surface area contributed by atoms with Gasteiger partial charge < -0.3 is 5.73 Å². The minimum absolute atomic E-state index is 0.0910. The van der Waals surface area contributed by atoms with Crippen molar-refractivity contribution in [2.24, 2.45) is 0 Å². The Morgan fingerprint density at radius 3 is 1.62 bits per heavy atom. The number of rotatable bonds is 3. The molecule has 0 unspecified atom stereocenters. The van der Waals surface area contributed by atoms with E-state index in [0.29, 0.717) is 0 Å². The van der Waals surface area contributed by atoms with E-state index in [1.165, 1.54) is 12.1 Å². The van der Waals surface area contributed by atoms with Gasteiger partial charge in [-0.25, -0.2) is 0 Å². The zero-order valence-corrected chi connectivity index (χ0v) is 13.7. The van der Waals surface area contributed by atoms with Gasteiger partial charge in [-0.3, -0.25) is 20.3 Å². The lowest BCUT2D eigenvalue weighted by Gasteiger charge is -1.96. The summed E-state index contributed by atoms with van der Waals surface area (Å²) in [6.45, 7) is 0. The first-order valence-corrected chi connectivity index (χ1v) is 7.73. The van der Waals surface area contributed by atoms with Gasteiger partial charge in [-0.15, -0.1) is 0 Å². The Labute approximate surface area is 148 Å². The standard InChI is InChI=1S/C9H7N3O2.C9H9N3/c13-12(14)8-3-1-7(2-4-8)9-5-6-10-11-9;10-8-3-1-7(2-4-8)9-5-6-11-12-9/h1-6H,(H,10,11);1-6H,10H2,(H,11,12). The van der Waals surface area contributed by atoms with Crippen LogP contribution in [0.1, 0.15) is 0 Å². The Bertz CT molecular complexity index is 946. The second kappa shape index (κ2) is 7.75. The molecule has 4 N–H and O–H groups in total. The van der Waals surface area contributed by atoms with E-state index in [2.05, 4.69) is 20.4 Å². The molecule has 0 saturated heterocycles. The lowest BCUT2D eigenvalue weighted by molar-refractivity contribution is -0.384. The zero-order valence-electron chi connectivity index (χ0n) is 13.7. The lowest BCUT2D eigenvalue weighted by atomic mass is 10.1. The highest BCUT2D eigenvalue weighted by atomic mass is 16.6. The minimum Gasteiger partial charge on any atom is -0.399 e. The van der Waals surface area contributed by atoms with E-state index in [0.717, 1.165) is 28.2 Å². The Balaban J connectivity index is 0.000000152. The zero-order chi connectivity index (χ0) is 18.4. The highest BCUT2D eigenvalue weighted by molar-refractivity contribution is 5.61. The van der Waals surface area contributed by atoms with Crippen molar-refractivity contribution in [2.75, 3.05) is 5.73 Å². The number of aromatic nitrogens is 4. The molecule has 4 aromatic rings. The Morgan fingerprint density at radius 2 is 1.23 bits per heavy atom. The number of nitrogen functional groups attached to an aromatic ring is 1. The maximum atomic E-state index is 10.4. The van der Waals surface area contributed by atoms with E-state index in [9.17, 15) is 10.1 Å². The third kappa shape index (κ3) is 4.12. The maximum absolute atomic E-state index is 10.4. The quantitative estimate of drug-likeness (QED) is 0.296. The number of hydrogen-bond acceptors (Lipinski definition) is 5. The number of H-pyrrole nitrogens is 2. The van der Waals surface area contributed by atoms with E-state index < -0.39 is 4.92 Å². The van der Waals surface area contributed by atoms with Gasteiger partial charge in [-0.2, -0.15) is 10.2 Å². The summed E-state index contributed by atoms with van der Waals surface area (Å²) in [6, 6.07) is 17.7.